The summed E-state index contributed by atoms with van der Waals surface area (Å²) in [5.41, 5.74) is 1.95. The molecule has 1 rings (SSSR count). The molecule has 8 heteroatoms. The molecular weight excluding hydrogens is 345 g/mol. The SMILES string of the molecule is PN[C@@H](CCC(CCl)=NOCc1ccccc1)COPP. The number of hydrogen-bond donors (Lipinski definition) is 1. The molecule has 4 atom stereocenters. The Morgan fingerprint density at radius 1 is 1.38 bits per heavy atom. The fraction of sp³-hybridized carbons (Fsp3) is 0.462. The van der Waals surface area contributed by atoms with Crippen LogP contribution in [0.1, 0.15) is 18.4 Å². The van der Waals surface area contributed by atoms with Crippen molar-refractivity contribution in [1.29, 1.82) is 0 Å². The van der Waals surface area contributed by atoms with E-state index in [2.05, 4.69) is 28.6 Å². The molecular formula is C13H22ClN2O2P3. The molecule has 0 aliphatic carbocycles. The summed E-state index contributed by atoms with van der Waals surface area (Å²) in [6, 6.07) is 10.2. The van der Waals surface area contributed by atoms with Gasteiger partial charge in [0.1, 0.15) is 6.61 Å². The van der Waals surface area contributed by atoms with Gasteiger partial charge in [-0.2, -0.15) is 0 Å². The molecule has 0 aliphatic rings. The van der Waals surface area contributed by atoms with E-state index in [1.165, 1.54) is 0 Å². The third-order valence-electron chi connectivity index (χ3n) is 2.81. The smallest absolute Gasteiger partial charge is 0.142 e. The molecule has 0 radical (unpaired) electrons. The quantitative estimate of drug-likeness (QED) is 0.281. The molecule has 0 amide bonds. The lowest BCUT2D eigenvalue weighted by Gasteiger charge is -2.15. The van der Waals surface area contributed by atoms with Crippen LogP contribution in [0.25, 0.3) is 0 Å². The Morgan fingerprint density at radius 3 is 2.76 bits per heavy atom. The molecule has 0 spiro atoms. The Bertz CT molecular complexity index is 410. The second-order valence-electron chi connectivity index (χ2n) is 4.38. The highest BCUT2D eigenvalue weighted by Crippen LogP contribution is 2.21. The van der Waals surface area contributed by atoms with Crippen LogP contribution in [0.4, 0.5) is 0 Å². The summed E-state index contributed by atoms with van der Waals surface area (Å²) in [7, 11) is 5.52. The number of nitrogens with one attached hydrogen (secondary N) is 1. The number of hydrogen-bond acceptors (Lipinski definition) is 4. The summed E-state index contributed by atoms with van der Waals surface area (Å²) in [6.45, 7) is 1.13. The van der Waals surface area contributed by atoms with Gasteiger partial charge in [-0.15, -0.1) is 11.6 Å². The largest absolute Gasteiger partial charge is 0.391 e. The fourth-order valence-corrected chi connectivity index (χ4v) is 2.64. The highest BCUT2D eigenvalue weighted by atomic mass is 35.5. The molecule has 0 fully saturated rings. The Kier molecular flexibility index (Phi) is 11.6. The summed E-state index contributed by atoms with van der Waals surface area (Å²) in [5, 5.41) is 7.28. The van der Waals surface area contributed by atoms with Crippen molar-refractivity contribution in [3.05, 3.63) is 35.9 Å². The zero-order valence-electron chi connectivity index (χ0n) is 11.8. The predicted octanol–water partition coefficient (Wildman–Crippen LogP) is 3.73. The first-order valence-electron chi connectivity index (χ1n) is 6.61. The van der Waals surface area contributed by atoms with Gasteiger partial charge >= 0.3 is 0 Å². The van der Waals surface area contributed by atoms with E-state index in [4.69, 9.17) is 21.0 Å². The van der Waals surface area contributed by atoms with Crippen LogP contribution in [0.15, 0.2) is 35.5 Å². The minimum atomic E-state index is 0.269. The van der Waals surface area contributed by atoms with Crippen LogP contribution in [0.2, 0.25) is 0 Å². The molecule has 0 aliphatic heterocycles. The van der Waals surface area contributed by atoms with E-state index < -0.39 is 0 Å². The van der Waals surface area contributed by atoms with Gasteiger partial charge in [0.25, 0.3) is 0 Å². The number of oxime groups is 1. The topological polar surface area (TPSA) is 42.9 Å². The van der Waals surface area contributed by atoms with Crippen molar-refractivity contribution < 1.29 is 9.36 Å². The molecule has 1 aromatic carbocycles. The molecule has 1 N–H and O–H groups in total. The maximum absolute atomic E-state index is 5.91. The second kappa shape index (κ2) is 12.7. The van der Waals surface area contributed by atoms with E-state index in [1.807, 2.05) is 30.3 Å². The second-order valence-corrected chi connectivity index (χ2v) is 6.21. The van der Waals surface area contributed by atoms with Crippen LogP contribution in [0, 0.1) is 0 Å². The van der Waals surface area contributed by atoms with E-state index >= 15 is 0 Å². The van der Waals surface area contributed by atoms with Crippen molar-refractivity contribution in [3.8, 4) is 0 Å². The van der Waals surface area contributed by atoms with Gasteiger partial charge < -0.3 is 9.36 Å². The fourth-order valence-electron chi connectivity index (χ4n) is 1.61. The molecule has 0 aromatic heterocycles. The molecule has 0 saturated carbocycles. The van der Waals surface area contributed by atoms with Crippen molar-refractivity contribution in [2.24, 2.45) is 5.16 Å². The van der Waals surface area contributed by atoms with Gasteiger partial charge in [-0.05, 0) is 18.4 Å². The standard InChI is InChI=1S/C13H22ClN2O2P3/c14-8-12(6-7-13(16-19)10-18-21-20)15-17-9-11-4-2-1-3-5-11/h1-5,13,16,21H,6-10,19-20H2/t13-/m0/s1. The van der Waals surface area contributed by atoms with Crippen LogP contribution < -0.4 is 5.09 Å². The van der Waals surface area contributed by atoms with E-state index in [1.54, 1.807) is 0 Å². The van der Waals surface area contributed by atoms with Crippen LogP contribution >= 0.6 is 38.4 Å². The molecule has 0 bridgehead atoms. The van der Waals surface area contributed by atoms with Gasteiger partial charge in [0.2, 0.25) is 0 Å². The lowest BCUT2D eigenvalue weighted by Crippen LogP contribution is -2.26. The molecule has 118 valence electrons. The minimum Gasteiger partial charge on any atom is -0.391 e. The number of rotatable bonds is 11. The first-order chi connectivity index (χ1) is 10.3. The zero-order chi connectivity index (χ0) is 15.3. The monoisotopic (exact) mass is 366 g/mol. The summed E-state index contributed by atoms with van der Waals surface area (Å²) in [5.74, 6) is 0.380. The van der Waals surface area contributed by atoms with Gasteiger partial charge in [0, 0.05) is 14.5 Å². The third kappa shape index (κ3) is 9.04. The van der Waals surface area contributed by atoms with Gasteiger partial charge in [0.15, 0.2) is 0 Å². The normalized spacial score (nSPS) is 13.8. The van der Waals surface area contributed by atoms with Gasteiger partial charge in [-0.3, -0.25) is 5.09 Å². The van der Waals surface area contributed by atoms with E-state index in [0.717, 1.165) is 24.1 Å². The van der Waals surface area contributed by atoms with Gasteiger partial charge in [-0.25, -0.2) is 0 Å². The van der Waals surface area contributed by atoms with Crippen LogP contribution in [-0.4, -0.2) is 24.2 Å². The first kappa shape index (κ1) is 19.2. The van der Waals surface area contributed by atoms with Crippen LogP contribution in [0.5, 0.6) is 0 Å². The number of halogens is 1. The lowest BCUT2D eigenvalue weighted by atomic mass is 10.1. The highest BCUT2D eigenvalue weighted by molar-refractivity contribution is 8.00. The van der Waals surface area contributed by atoms with Crippen LogP contribution in [0.3, 0.4) is 0 Å². The Hall–Kier alpha value is 0.190. The Labute approximate surface area is 138 Å². The molecule has 1 aromatic rings. The van der Waals surface area contributed by atoms with Crippen molar-refractivity contribution in [1.82, 2.24) is 5.09 Å². The highest BCUT2D eigenvalue weighted by Gasteiger charge is 2.08. The molecule has 0 heterocycles. The Balaban J connectivity index is 2.34. The van der Waals surface area contributed by atoms with Crippen molar-refractivity contribution in [3.63, 3.8) is 0 Å². The van der Waals surface area contributed by atoms with Crippen LogP contribution in [-0.2, 0) is 16.0 Å². The average Bonchev–Trinajstić information content (AvgIpc) is 2.54. The summed E-state index contributed by atoms with van der Waals surface area (Å²) >= 11 is 5.91. The molecule has 0 saturated heterocycles. The van der Waals surface area contributed by atoms with E-state index in [0.29, 0.717) is 27.6 Å². The maximum atomic E-state index is 5.91. The Morgan fingerprint density at radius 2 is 2.14 bits per heavy atom. The average molecular weight is 367 g/mol. The van der Waals surface area contributed by atoms with Gasteiger partial charge in [0.05, 0.1) is 18.2 Å². The minimum absolute atomic E-state index is 0.269. The first-order valence-corrected chi connectivity index (χ1v) is 10.4. The predicted molar refractivity (Wildman–Crippen MR) is 99.2 cm³/mol. The van der Waals surface area contributed by atoms with Gasteiger partial charge in [-0.1, -0.05) is 53.8 Å². The third-order valence-corrected chi connectivity index (χ3v) is 4.42. The summed E-state index contributed by atoms with van der Waals surface area (Å²) in [4.78, 5) is 5.36. The van der Waals surface area contributed by atoms with Crippen molar-refractivity contribution in [2.45, 2.75) is 25.5 Å². The van der Waals surface area contributed by atoms with Crippen molar-refractivity contribution >= 4 is 44.1 Å². The lowest BCUT2D eigenvalue weighted by molar-refractivity contribution is 0.129. The maximum Gasteiger partial charge on any atom is 0.142 e. The van der Waals surface area contributed by atoms with Crippen molar-refractivity contribution in [2.75, 3.05) is 12.5 Å². The molecule has 3 unspecified atom stereocenters. The summed E-state index contributed by atoms with van der Waals surface area (Å²) in [6.07, 6.45) is 1.69. The zero-order valence-corrected chi connectivity index (χ0v) is 15.9. The number of nitrogens with zero attached hydrogens (tertiary/aromatic N) is 1. The number of alkyl halides is 1. The molecule has 21 heavy (non-hydrogen) atoms. The summed E-state index contributed by atoms with van der Waals surface area (Å²) < 4.78 is 5.40. The van der Waals surface area contributed by atoms with E-state index in [-0.39, 0.29) is 6.04 Å². The molecule has 4 nitrogen and oxygen atoms in total. The number of benzene rings is 1. The van der Waals surface area contributed by atoms with E-state index in [9.17, 15) is 0 Å².